The van der Waals surface area contributed by atoms with E-state index in [1.165, 1.54) is 0 Å². The van der Waals surface area contributed by atoms with Gasteiger partial charge in [-0.25, -0.2) is 0 Å². The maximum Gasteiger partial charge on any atom is 1.00 e. The molecule has 0 amide bonds. The molecule has 56 valence electrons. The molecule has 0 N–H and O–H groups in total. The summed E-state index contributed by atoms with van der Waals surface area (Å²) < 4.78 is 4.97. The average molecular weight is 164 g/mol. The fourth-order valence-corrected chi connectivity index (χ4v) is 0.962. The van der Waals surface area contributed by atoms with E-state index in [9.17, 15) is 9.90 Å². The molecule has 1 aliphatic heterocycles. The van der Waals surface area contributed by atoms with E-state index in [2.05, 4.69) is 0 Å². The van der Waals surface area contributed by atoms with Crippen LogP contribution < -0.4 is 34.7 Å². The molecular formula is C7H9NaO3. The molecule has 1 atom stereocenters. The van der Waals surface area contributed by atoms with Gasteiger partial charge in [-0.2, -0.15) is 0 Å². The summed E-state index contributed by atoms with van der Waals surface area (Å²) in [5.74, 6) is -0.169. The minimum absolute atomic E-state index is 0. The van der Waals surface area contributed by atoms with Gasteiger partial charge in [0.2, 0.25) is 0 Å². The van der Waals surface area contributed by atoms with Crippen LogP contribution in [0.4, 0.5) is 0 Å². The number of ketones is 1. The van der Waals surface area contributed by atoms with E-state index in [1.54, 1.807) is 0 Å². The zero-order chi connectivity index (χ0) is 7.40. The van der Waals surface area contributed by atoms with Crippen LogP contribution in [0.1, 0.15) is 6.42 Å². The molecule has 4 heteroatoms. The van der Waals surface area contributed by atoms with Crippen molar-refractivity contribution < 1.29 is 44.2 Å². The van der Waals surface area contributed by atoms with Gasteiger partial charge in [-0.15, -0.1) is 6.26 Å². The predicted molar refractivity (Wildman–Crippen MR) is 33.1 cm³/mol. The standard InChI is InChI=1S/C7H10O3.Na/c8-3-1-7(9)6-2-4-10-5-6;/h1,3,6,8H,2,4-5H2;/q;+1/p-1/b3-1+;. The van der Waals surface area contributed by atoms with E-state index in [1.807, 2.05) is 0 Å². The Morgan fingerprint density at radius 3 is 2.82 bits per heavy atom. The van der Waals surface area contributed by atoms with Crippen molar-refractivity contribution in [2.75, 3.05) is 13.2 Å². The van der Waals surface area contributed by atoms with Gasteiger partial charge in [-0.1, -0.05) is 0 Å². The van der Waals surface area contributed by atoms with Crippen LogP contribution in [0.25, 0.3) is 0 Å². The van der Waals surface area contributed by atoms with Gasteiger partial charge in [-0.3, -0.25) is 4.79 Å². The Kier molecular flexibility index (Phi) is 5.86. The Labute approximate surface area is 87.7 Å². The van der Waals surface area contributed by atoms with Crippen LogP contribution in [0.2, 0.25) is 0 Å². The molecule has 0 spiro atoms. The van der Waals surface area contributed by atoms with Gasteiger partial charge in [0.25, 0.3) is 0 Å². The molecular weight excluding hydrogens is 155 g/mol. The van der Waals surface area contributed by atoms with Gasteiger partial charge >= 0.3 is 29.6 Å². The van der Waals surface area contributed by atoms with Gasteiger partial charge in [-0.05, 0) is 12.5 Å². The average Bonchev–Trinajstić information content (AvgIpc) is 2.38. The Morgan fingerprint density at radius 1 is 1.64 bits per heavy atom. The maximum atomic E-state index is 10.9. The number of rotatable bonds is 2. The minimum atomic E-state index is -0.104. The first-order chi connectivity index (χ1) is 4.84. The Balaban J connectivity index is 0.000001000. The second-order valence-corrected chi connectivity index (χ2v) is 2.27. The number of hydrogen-bond acceptors (Lipinski definition) is 3. The summed E-state index contributed by atoms with van der Waals surface area (Å²) in [6.45, 7) is 1.12. The van der Waals surface area contributed by atoms with Crippen molar-refractivity contribution in [3.05, 3.63) is 12.3 Å². The van der Waals surface area contributed by atoms with Crippen molar-refractivity contribution in [3.63, 3.8) is 0 Å². The molecule has 3 nitrogen and oxygen atoms in total. The van der Waals surface area contributed by atoms with Crippen molar-refractivity contribution in [1.82, 2.24) is 0 Å². The largest absolute Gasteiger partial charge is 1.00 e. The summed E-state index contributed by atoms with van der Waals surface area (Å²) in [6.07, 6.45) is 2.35. The second-order valence-electron chi connectivity index (χ2n) is 2.27. The van der Waals surface area contributed by atoms with Crippen LogP contribution in [-0.4, -0.2) is 19.0 Å². The zero-order valence-electron chi connectivity index (χ0n) is 6.58. The van der Waals surface area contributed by atoms with Crippen molar-refractivity contribution in [2.45, 2.75) is 6.42 Å². The Bertz CT molecular complexity index is 150. The van der Waals surface area contributed by atoms with Gasteiger partial charge in [0.05, 0.1) is 6.61 Å². The van der Waals surface area contributed by atoms with Crippen molar-refractivity contribution in [1.29, 1.82) is 0 Å². The van der Waals surface area contributed by atoms with Crippen molar-refractivity contribution >= 4 is 5.78 Å². The quantitative estimate of drug-likeness (QED) is 0.241. The van der Waals surface area contributed by atoms with Crippen LogP contribution in [0.15, 0.2) is 12.3 Å². The number of hydrogen-bond donors (Lipinski definition) is 0. The number of allylic oxidation sites excluding steroid dienone is 1. The van der Waals surface area contributed by atoms with Crippen LogP contribution in [-0.2, 0) is 9.53 Å². The van der Waals surface area contributed by atoms with Crippen LogP contribution in [0.5, 0.6) is 0 Å². The molecule has 0 aromatic heterocycles. The topological polar surface area (TPSA) is 49.4 Å². The summed E-state index contributed by atoms with van der Waals surface area (Å²) in [7, 11) is 0. The monoisotopic (exact) mass is 164 g/mol. The normalized spacial score (nSPS) is 23.5. The summed E-state index contributed by atoms with van der Waals surface area (Å²) in [5.41, 5.74) is 0. The van der Waals surface area contributed by atoms with E-state index >= 15 is 0 Å². The Morgan fingerprint density at radius 2 is 2.36 bits per heavy atom. The summed E-state index contributed by atoms with van der Waals surface area (Å²) in [4.78, 5) is 10.9. The van der Waals surface area contributed by atoms with E-state index in [0.29, 0.717) is 19.5 Å². The van der Waals surface area contributed by atoms with E-state index in [0.717, 1.165) is 12.5 Å². The fourth-order valence-electron chi connectivity index (χ4n) is 0.962. The van der Waals surface area contributed by atoms with Crippen LogP contribution in [0, 0.1) is 5.92 Å². The first kappa shape index (κ1) is 11.2. The minimum Gasteiger partial charge on any atom is -0.878 e. The van der Waals surface area contributed by atoms with Gasteiger partial charge < -0.3 is 9.84 Å². The molecule has 1 heterocycles. The van der Waals surface area contributed by atoms with Gasteiger partial charge in [0.1, 0.15) is 0 Å². The molecule has 0 bridgehead atoms. The summed E-state index contributed by atoms with van der Waals surface area (Å²) in [5, 5.41) is 9.85. The zero-order valence-corrected chi connectivity index (χ0v) is 8.58. The fraction of sp³-hybridized carbons (Fsp3) is 0.571. The smallest absolute Gasteiger partial charge is 0.878 e. The van der Waals surface area contributed by atoms with Crippen LogP contribution >= 0.6 is 0 Å². The molecule has 0 aromatic carbocycles. The molecule has 1 saturated heterocycles. The van der Waals surface area contributed by atoms with Crippen molar-refractivity contribution in [3.8, 4) is 0 Å². The van der Waals surface area contributed by atoms with Gasteiger partial charge in [0.15, 0.2) is 5.78 Å². The predicted octanol–water partition coefficient (Wildman–Crippen LogP) is -3.53. The molecule has 1 fully saturated rings. The maximum absolute atomic E-state index is 10.9. The molecule has 1 unspecified atom stereocenters. The molecule has 0 aromatic rings. The molecule has 1 rings (SSSR count). The van der Waals surface area contributed by atoms with E-state index in [4.69, 9.17) is 4.74 Å². The van der Waals surface area contributed by atoms with E-state index < -0.39 is 0 Å². The van der Waals surface area contributed by atoms with Gasteiger partial charge in [0, 0.05) is 12.5 Å². The third-order valence-electron chi connectivity index (χ3n) is 1.56. The van der Waals surface area contributed by atoms with Crippen molar-refractivity contribution in [2.24, 2.45) is 5.92 Å². The van der Waals surface area contributed by atoms with E-state index in [-0.39, 0.29) is 41.3 Å². The third kappa shape index (κ3) is 3.38. The second kappa shape index (κ2) is 5.77. The number of carbonyl (C=O) groups excluding carboxylic acids is 1. The molecule has 0 radical (unpaired) electrons. The summed E-state index contributed by atoms with van der Waals surface area (Å²) in [6, 6.07) is 0. The number of carbonyl (C=O) groups is 1. The number of ether oxygens (including phenoxy) is 1. The first-order valence-electron chi connectivity index (χ1n) is 3.24. The molecule has 1 aliphatic rings. The first-order valence-corrected chi connectivity index (χ1v) is 3.24. The molecule has 0 saturated carbocycles. The third-order valence-corrected chi connectivity index (χ3v) is 1.56. The molecule has 11 heavy (non-hydrogen) atoms. The Hall–Kier alpha value is 0.170. The molecule has 0 aliphatic carbocycles. The summed E-state index contributed by atoms with van der Waals surface area (Å²) >= 11 is 0. The van der Waals surface area contributed by atoms with Crippen LogP contribution in [0.3, 0.4) is 0 Å². The SMILES string of the molecule is O=C(/C=C/[O-])C1CCOC1.[Na+].